The number of nitrogens with two attached hydrogens (primary N) is 1. The topological polar surface area (TPSA) is 67.6 Å². The van der Waals surface area contributed by atoms with Crippen molar-refractivity contribution in [3.05, 3.63) is 41.6 Å². The summed E-state index contributed by atoms with van der Waals surface area (Å²) in [6.45, 7) is 0. The number of anilines is 1. The van der Waals surface area contributed by atoms with Gasteiger partial charge in [0.25, 0.3) is 0 Å². The molecule has 0 aliphatic carbocycles. The summed E-state index contributed by atoms with van der Waals surface area (Å²) in [5.74, 6) is -1.76. The first-order valence-corrected chi connectivity index (χ1v) is 4.33. The average molecular weight is 220 g/mol. The molecule has 0 unspecified atom stereocenters. The van der Waals surface area contributed by atoms with Crippen LogP contribution in [0, 0.1) is 23.0 Å². The van der Waals surface area contributed by atoms with Crippen molar-refractivity contribution in [1.29, 1.82) is 5.26 Å². The molecule has 1 aromatic heterocycles. The SMILES string of the molecule is N#Cc1cc(N)n(-c2ccc(F)c(F)c2)n1. The first-order chi connectivity index (χ1) is 7.61. The van der Waals surface area contributed by atoms with Gasteiger partial charge in [-0.25, -0.2) is 13.5 Å². The second-order valence-corrected chi connectivity index (χ2v) is 3.08. The molecule has 16 heavy (non-hydrogen) atoms. The summed E-state index contributed by atoms with van der Waals surface area (Å²) in [6.07, 6.45) is 0. The lowest BCUT2D eigenvalue weighted by Crippen LogP contribution is -2.02. The quantitative estimate of drug-likeness (QED) is 0.793. The zero-order chi connectivity index (χ0) is 11.7. The van der Waals surface area contributed by atoms with E-state index in [2.05, 4.69) is 5.10 Å². The highest BCUT2D eigenvalue weighted by Crippen LogP contribution is 2.16. The lowest BCUT2D eigenvalue weighted by Gasteiger charge is -2.03. The van der Waals surface area contributed by atoms with Crippen molar-refractivity contribution in [2.75, 3.05) is 5.73 Å². The van der Waals surface area contributed by atoms with Gasteiger partial charge in [-0.1, -0.05) is 0 Å². The summed E-state index contributed by atoms with van der Waals surface area (Å²) in [6, 6.07) is 6.40. The van der Waals surface area contributed by atoms with Crippen molar-refractivity contribution in [1.82, 2.24) is 9.78 Å². The van der Waals surface area contributed by atoms with Crippen LogP contribution in [0.2, 0.25) is 0 Å². The Labute approximate surface area is 89.5 Å². The van der Waals surface area contributed by atoms with Gasteiger partial charge in [0.2, 0.25) is 0 Å². The molecule has 6 heteroatoms. The van der Waals surface area contributed by atoms with Crippen LogP contribution in [0.5, 0.6) is 0 Å². The number of hydrogen-bond donors (Lipinski definition) is 1. The second-order valence-electron chi connectivity index (χ2n) is 3.08. The number of halogens is 2. The number of rotatable bonds is 1. The molecule has 0 spiro atoms. The number of aromatic nitrogens is 2. The van der Waals surface area contributed by atoms with Crippen LogP contribution >= 0.6 is 0 Å². The molecule has 1 heterocycles. The van der Waals surface area contributed by atoms with Gasteiger partial charge < -0.3 is 5.73 Å². The Morgan fingerprint density at radius 2 is 2.00 bits per heavy atom. The van der Waals surface area contributed by atoms with E-state index < -0.39 is 11.6 Å². The molecule has 80 valence electrons. The summed E-state index contributed by atoms with van der Waals surface area (Å²) in [5.41, 5.74) is 5.95. The summed E-state index contributed by atoms with van der Waals surface area (Å²) in [7, 11) is 0. The maximum atomic E-state index is 13.0. The number of nitrogen functional groups attached to an aromatic ring is 1. The third kappa shape index (κ3) is 1.59. The van der Waals surface area contributed by atoms with Crippen molar-refractivity contribution in [2.45, 2.75) is 0 Å². The minimum absolute atomic E-state index is 0.113. The number of nitriles is 1. The predicted molar refractivity (Wildman–Crippen MR) is 52.6 cm³/mol. The fourth-order valence-corrected chi connectivity index (χ4v) is 1.27. The van der Waals surface area contributed by atoms with E-state index in [0.29, 0.717) is 0 Å². The van der Waals surface area contributed by atoms with E-state index in [9.17, 15) is 8.78 Å². The largest absolute Gasteiger partial charge is 0.384 e. The first-order valence-electron chi connectivity index (χ1n) is 4.33. The molecule has 0 saturated carbocycles. The van der Waals surface area contributed by atoms with Crippen molar-refractivity contribution in [2.24, 2.45) is 0 Å². The lowest BCUT2D eigenvalue weighted by molar-refractivity contribution is 0.507. The number of hydrogen-bond acceptors (Lipinski definition) is 3. The highest BCUT2D eigenvalue weighted by Gasteiger charge is 2.09. The summed E-state index contributed by atoms with van der Waals surface area (Å²) < 4.78 is 26.8. The van der Waals surface area contributed by atoms with Crippen molar-refractivity contribution in [3.63, 3.8) is 0 Å². The zero-order valence-corrected chi connectivity index (χ0v) is 7.98. The van der Waals surface area contributed by atoms with Gasteiger partial charge in [-0.2, -0.15) is 10.4 Å². The van der Waals surface area contributed by atoms with Crippen molar-refractivity contribution < 1.29 is 8.78 Å². The van der Waals surface area contributed by atoms with Crippen molar-refractivity contribution >= 4 is 5.82 Å². The molecular weight excluding hydrogens is 214 g/mol. The lowest BCUT2D eigenvalue weighted by atomic mass is 10.3. The highest BCUT2D eigenvalue weighted by molar-refractivity contribution is 5.45. The third-order valence-electron chi connectivity index (χ3n) is 2.00. The van der Waals surface area contributed by atoms with Gasteiger partial charge in [0.05, 0.1) is 5.69 Å². The fourth-order valence-electron chi connectivity index (χ4n) is 1.27. The van der Waals surface area contributed by atoms with Crippen LogP contribution in [0.25, 0.3) is 5.69 Å². The van der Waals surface area contributed by atoms with Crippen LogP contribution in [0.3, 0.4) is 0 Å². The maximum absolute atomic E-state index is 13.0. The number of nitrogens with zero attached hydrogens (tertiary/aromatic N) is 3. The molecule has 0 saturated heterocycles. The maximum Gasteiger partial charge on any atom is 0.165 e. The molecule has 2 rings (SSSR count). The molecule has 0 fully saturated rings. The van der Waals surface area contributed by atoms with E-state index in [0.717, 1.165) is 12.1 Å². The molecule has 0 aliphatic rings. The van der Waals surface area contributed by atoms with E-state index in [1.807, 2.05) is 0 Å². The Kier molecular flexibility index (Phi) is 2.29. The Hall–Kier alpha value is -2.42. The van der Waals surface area contributed by atoms with Gasteiger partial charge in [0, 0.05) is 12.1 Å². The molecule has 1 aromatic carbocycles. The zero-order valence-electron chi connectivity index (χ0n) is 7.98. The van der Waals surface area contributed by atoms with Crippen LogP contribution in [-0.4, -0.2) is 9.78 Å². The van der Waals surface area contributed by atoms with Crippen LogP contribution in [0.1, 0.15) is 5.69 Å². The Balaban J connectivity index is 2.55. The normalized spacial score (nSPS) is 10.1. The van der Waals surface area contributed by atoms with Gasteiger partial charge >= 0.3 is 0 Å². The number of benzene rings is 1. The minimum atomic E-state index is -0.995. The molecule has 0 amide bonds. The Morgan fingerprint density at radius 3 is 2.56 bits per heavy atom. The Bertz CT molecular complexity index is 583. The van der Waals surface area contributed by atoms with Gasteiger partial charge in [-0.05, 0) is 12.1 Å². The van der Waals surface area contributed by atoms with Crippen LogP contribution in [0.4, 0.5) is 14.6 Å². The molecule has 0 bridgehead atoms. The van der Waals surface area contributed by atoms with E-state index in [-0.39, 0.29) is 17.2 Å². The van der Waals surface area contributed by atoms with Gasteiger partial charge in [0.1, 0.15) is 11.9 Å². The van der Waals surface area contributed by atoms with Gasteiger partial charge in [-0.15, -0.1) is 0 Å². The van der Waals surface area contributed by atoms with Gasteiger partial charge in [-0.3, -0.25) is 0 Å². The molecule has 0 aliphatic heterocycles. The smallest absolute Gasteiger partial charge is 0.165 e. The molecule has 0 radical (unpaired) electrons. The predicted octanol–water partition coefficient (Wildman–Crippen LogP) is 1.60. The van der Waals surface area contributed by atoms with E-state index in [1.54, 1.807) is 6.07 Å². The fraction of sp³-hybridized carbons (Fsp3) is 0. The van der Waals surface area contributed by atoms with E-state index >= 15 is 0 Å². The molecule has 2 N–H and O–H groups in total. The Morgan fingerprint density at radius 1 is 1.25 bits per heavy atom. The first kappa shape index (κ1) is 10.1. The molecular formula is C10H6F2N4. The van der Waals surface area contributed by atoms with Crippen molar-refractivity contribution in [3.8, 4) is 11.8 Å². The molecule has 2 aromatic rings. The standard InChI is InChI=1S/C10H6F2N4/c11-8-2-1-7(4-9(8)12)16-10(14)3-6(5-13)15-16/h1-4H,14H2. The average Bonchev–Trinajstić information content (AvgIpc) is 2.64. The second kappa shape index (κ2) is 3.62. The van der Waals surface area contributed by atoms with E-state index in [1.165, 1.54) is 16.8 Å². The monoisotopic (exact) mass is 220 g/mol. The van der Waals surface area contributed by atoms with Crippen LogP contribution in [0.15, 0.2) is 24.3 Å². The molecule has 4 nitrogen and oxygen atoms in total. The van der Waals surface area contributed by atoms with Crippen LogP contribution < -0.4 is 5.73 Å². The third-order valence-corrected chi connectivity index (χ3v) is 2.00. The molecule has 0 atom stereocenters. The van der Waals surface area contributed by atoms with Gasteiger partial charge in [0.15, 0.2) is 17.3 Å². The van der Waals surface area contributed by atoms with Crippen LogP contribution in [-0.2, 0) is 0 Å². The van der Waals surface area contributed by atoms with E-state index in [4.69, 9.17) is 11.0 Å². The summed E-state index contributed by atoms with van der Waals surface area (Å²) >= 11 is 0. The summed E-state index contributed by atoms with van der Waals surface area (Å²) in [5, 5.41) is 12.4. The highest BCUT2D eigenvalue weighted by atomic mass is 19.2. The minimum Gasteiger partial charge on any atom is -0.384 e. The summed E-state index contributed by atoms with van der Waals surface area (Å²) in [4.78, 5) is 0.